The van der Waals surface area contributed by atoms with Crippen molar-refractivity contribution in [2.24, 2.45) is 0 Å². The van der Waals surface area contributed by atoms with Crippen LogP contribution >= 0.6 is 0 Å². The Labute approximate surface area is 109 Å². The van der Waals surface area contributed by atoms with Gasteiger partial charge in [-0.3, -0.25) is 5.32 Å². The van der Waals surface area contributed by atoms with E-state index in [1.165, 1.54) is 38.8 Å². The molecule has 18 heavy (non-hydrogen) atoms. The number of hydrogen-bond donors (Lipinski definition) is 2. The van der Waals surface area contributed by atoms with Crippen LogP contribution in [-0.2, 0) is 0 Å². The van der Waals surface area contributed by atoms with Crippen molar-refractivity contribution in [2.75, 3.05) is 13.1 Å². The molecule has 1 fully saturated rings. The molecular formula is C15H22N2O. The normalized spacial score (nSPS) is 22.4. The highest BCUT2D eigenvalue weighted by atomic mass is 16.3. The van der Waals surface area contributed by atoms with Crippen LogP contribution in [0.1, 0.15) is 25.7 Å². The summed E-state index contributed by atoms with van der Waals surface area (Å²) in [5.41, 5.74) is 0. The molecule has 1 aromatic rings. The number of phenols is 1. The number of fused-ring (bicyclic) bond motifs is 1. The molecule has 0 amide bonds. The van der Waals surface area contributed by atoms with E-state index in [1.54, 1.807) is 24.3 Å². The molecule has 98 valence electrons. The maximum Gasteiger partial charge on any atom is 0.115 e. The van der Waals surface area contributed by atoms with E-state index in [0.29, 0.717) is 11.9 Å². The monoisotopic (exact) mass is 246 g/mol. The summed E-state index contributed by atoms with van der Waals surface area (Å²) in [5.74, 6) is 0.322. The summed E-state index contributed by atoms with van der Waals surface area (Å²) in [6, 6.07) is 8.71. The van der Waals surface area contributed by atoms with Crippen molar-refractivity contribution in [3.63, 3.8) is 0 Å². The first-order chi connectivity index (χ1) is 8.86. The van der Waals surface area contributed by atoms with Crippen molar-refractivity contribution in [1.82, 2.24) is 10.2 Å². The van der Waals surface area contributed by atoms with E-state index in [2.05, 4.69) is 22.5 Å². The van der Waals surface area contributed by atoms with Gasteiger partial charge in [-0.25, -0.2) is 0 Å². The van der Waals surface area contributed by atoms with Crippen molar-refractivity contribution in [3.05, 3.63) is 42.6 Å². The molecule has 3 nitrogen and oxygen atoms in total. The van der Waals surface area contributed by atoms with Crippen LogP contribution in [0.15, 0.2) is 42.6 Å². The third-order valence-electron chi connectivity index (χ3n) is 3.27. The highest BCUT2D eigenvalue weighted by Gasteiger charge is 2.19. The van der Waals surface area contributed by atoms with E-state index in [0.717, 1.165) is 0 Å². The Balaban J connectivity index is 0.000000149. The van der Waals surface area contributed by atoms with Crippen molar-refractivity contribution in [3.8, 4) is 5.75 Å². The van der Waals surface area contributed by atoms with Crippen molar-refractivity contribution < 1.29 is 5.11 Å². The van der Waals surface area contributed by atoms with Crippen LogP contribution in [0.4, 0.5) is 0 Å². The van der Waals surface area contributed by atoms with Crippen LogP contribution < -0.4 is 5.32 Å². The number of benzene rings is 1. The van der Waals surface area contributed by atoms with E-state index in [4.69, 9.17) is 5.11 Å². The summed E-state index contributed by atoms with van der Waals surface area (Å²) in [6.07, 6.45) is 10.4. The molecule has 3 rings (SSSR count). The maximum absolute atomic E-state index is 8.63. The van der Waals surface area contributed by atoms with Gasteiger partial charge >= 0.3 is 0 Å². The van der Waals surface area contributed by atoms with E-state index in [1.807, 2.05) is 6.07 Å². The summed E-state index contributed by atoms with van der Waals surface area (Å²) >= 11 is 0. The van der Waals surface area contributed by atoms with Gasteiger partial charge in [-0.15, -0.1) is 0 Å². The van der Waals surface area contributed by atoms with Crippen LogP contribution in [0.5, 0.6) is 5.75 Å². The molecule has 2 aliphatic heterocycles. The second-order valence-corrected chi connectivity index (χ2v) is 4.71. The number of nitrogens with one attached hydrogen (secondary N) is 1. The van der Waals surface area contributed by atoms with Crippen LogP contribution in [0.25, 0.3) is 0 Å². The summed E-state index contributed by atoms with van der Waals surface area (Å²) in [6.45, 7) is 2.45. The molecular weight excluding hydrogens is 224 g/mol. The lowest BCUT2D eigenvalue weighted by Gasteiger charge is -2.34. The van der Waals surface area contributed by atoms with Crippen molar-refractivity contribution in [1.29, 1.82) is 0 Å². The molecule has 0 spiro atoms. The second kappa shape index (κ2) is 7.07. The Hall–Kier alpha value is -1.48. The molecule has 2 heterocycles. The van der Waals surface area contributed by atoms with Gasteiger partial charge < -0.3 is 10.0 Å². The summed E-state index contributed by atoms with van der Waals surface area (Å²) in [5, 5.41) is 12.2. The van der Waals surface area contributed by atoms with Gasteiger partial charge in [0, 0.05) is 6.54 Å². The molecule has 1 saturated heterocycles. The van der Waals surface area contributed by atoms with E-state index in [-0.39, 0.29) is 0 Å². The number of para-hydroxylation sites is 1. The Morgan fingerprint density at radius 2 is 2.00 bits per heavy atom. The van der Waals surface area contributed by atoms with Gasteiger partial charge in [-0.2, -0.15) is 0 Å². The van der Waals surface area contributed by atoms with Gasteiger partial charge in [-0.1, -0.05) is 24.3 Å². The fourth-order valence-electron chi connectivity index (χ4n) is 2.32. The number of nitrogens with zero attached hydrogens (tertiary/aromatic N) is 1. The lowest BCUT2D eigenvalue weighted by atomic mass is 10.2. The minimum absolute atomic E-state index is 0.322. The van der Waals surface area contributed by atoms with Crippen LogP contribution in [0.2, 0.25) is 0 Å². The third kappa shape index (κ3) is 4.08. The topological polar surface area (TPSA) is 35.5 Å². The van der Waals surface area contributed by atoms with Gasteiger partial charge in [0.1, 0.15) is 5.75 Å². The Bertz CT molecular complexity index is 364. The number of aromatic hydroxyl groups is 1. The smallest absolute Gasteiger partial charge is 0.115 e. The summed E-state index contributed by atoms with van der Waals surface area (Å²) in [7, 11) is 0. The molecule has 1 unspecified atom stereocenters. The molecule has 0 aliphatic carbocycles. The molecule has 0 bridgehead atoms. The summed E-state index contributed by atoms with van der Waals surface area (Å²) < 4.78 is 0. The quantitative estimate of drug-likeness (QED) is 0.739. The zero-order valence-electron chi connectivity index (χ0n) is 10.8. The molecule has 2 aliphatic rings. The average molecular weight is 246 g/mol. The predicted molar refractivity (Wildman–Crippen MR) is 74.2 cm³/mol. The lowest BCUT2D eigenvalue weighted by molar-refractivity contribution is 0.184. The molecule has 1 atom stereocenters. The maximum atomic E-state index is 8.63. The molecule has 0 saturated carbocycles. The highest BCUT2D eigenvalue weighted by Crippen LogP contribution is 2.15. The van der Waals surface area contributed by atoms with Crippen molar-refractivity contribution >= 4 is 0 Å². The van der Waals surface area contributed by atoms with Crippen LogP contribution in [0, 0.1) is 0 Å². The first kappa shape index (κ1) is 13.0. The average Bonchev–Trinajstić information content (AvgIpc) is 2.65. The number of hydrogen-bond acceptors (Lipinski definition) is 3. The Morgan fingerprint density at radius 3 is 2.72 bits per heavy atom. The minimum atomic E-state index is 0.322. The van der Waals surface area contributed by atoms with Gasteiger partial charge in [0.05, 0.1) is 6.17 Å². The standard InChI is InChI=1S/C9H16N2.C6H6O/c1-2-5-9-10-6-4-8-11(9)7-3-1;7-6-4-2-1-3-5-6/h3,7,9-10H,1-2,4-6,8H2;1-5,7H. The van der Waals surface area contributed by atoms with Crippen molar-refractivity contribution in [2.45, 2.75) is 31.8 Å². The van der Waals surface area contributed by atoms with Gasteiger partial charge in [0.2, 0.25) is 0 Å². The van der Waals surface area contributed by atoms with E-state index in [9.17, 15) is 0 Å². The SMILES string of the molecule is C1=CN2CCCNC2CCC1.Oc1ccccc1. The fourth-order valence-corrected chi connectivity index (χ4v) is 2.32. The number of rotatable bonds is 0. The summed E-state index contributed by atoms with van der Waals surface area (Å²) in [4.78, 5) is 2.44. The minimum Gasteiger partial charge on any atom is -0.508 e. The fraction of sp³-hybridized carbons (Fsp3) is 0.467. The lowest BCUT2D eigenvalue weighted by Crippen LogP contribution is -2.48. The van der Waals surface area contributed by atoms with Crippen LogP contribution in [-0.4, -0.2) is 29.3 Å². The van der Waals surface area contributed by atoms with E-state index >= 15 is 0 Å². The van der Waals surface area contributed by atoms with Gasteiger partial charge in [0.25, 0.3) is 0 Å². The highest BCUT2D eigenvalue weighted by molar-refractivity contribution is 5.18. The van der Waals surface area contributed by atoms with Crippen LogP contribution in [0.3, 0.4) is 0 Å². The first-order valence-corrected chi connectivity index (χ1v) is 6.76. The third-order valence-corrected chi connectivity index (χ3v) is 3.27. The Kier molecular flexibility index (Phi) is 5.09. The Morgan fingerprint density at radius 1 is 1.17 bits per heavy atom. The van der Waals surface area contributed by atoms with Gasteiger partial charge in [0.15, 0.2) is 0 Å². The zero-order valence-corrected chi connectivity index (χ0v) is 10.8. The molecule has 0 aromatic heterocycles. The molecule has 1 aromatic carbocycles. The number of phenolic OH excluding ortho intramolecular Hbond substituents is 1. The van der Waals surface area contributed by atoms with Gasteiger partial charge in [-0.05, 0) is 50.6 Å². The molecule has 0 radical (unpaired) electrons. The second-order valence-electron chi connectivity index (χ2n) is 4.71. The van der Waals surface area contributed by atoms with E-state index < -0.39 is 0 Å². The molecule has 3 heteroatoms. The largest absolute Gasteiger partial charge is 0.508 e. The zero-order chi connectivity index (χ0) is 12.6. The first-order valence-electron chi connectivity index (χ1n) is 6.76. The number of allylic oxidation sites excluding steroid dienone is 1. The predicted octanol–water partition coefficient (Wildman–Crippen LogP) is 2.70. The molecule has 2 N–H and O–H groups in total.